The van der Waals surface area contributed by atoms with Gasteiger partial charge in [0.15, 0.2) is 0 Å². The first-order valence-corrected chi connectivity index (χ1v) is 8.11. The van der Waals surface area contributed by atoms with Crippen molar-refractivity contribution >= 4 is 0 Å². The Morgan fingerprint density at radius 1 is 1.24 bits per heavy atom. The summed E-state index contributed by atoms with van der Waals surface area (Å²) in [6, 6.07) is 1.95. The van der Waals surface area contributed by atoms with Gasteiger partial charge < -0.3 is 10.5 Å². The van der Waals surface area contributed by atoms with Crippen LogP contribution in [0, 0.1) is 0 Å². The quantitative estimate of drug-likeness (QED) is 0.758. The van der Waals surface area contributed by atoms with E-state index in [1.54, 1.807) is 6.20 Å². The highest BCUT2D eigenvalue weighted by Crippen LogP contribution is 2.33. The predicted molar refractivity (Wildman–Crippen MR) is 88.6 cm³/mol. The van der Waals surface area contributed by atoms with Crippen molar-refractivity contribution in [3.8, 4) is 5.75 Å². The molecule has 21 heavy (non-hydrogen) atoms. The number of hydrogen-bond acceptors (Lipinski definition) is 4. The summed E-state index contributed by atoms with van der Waals surface area (Å²) in [7, 11) is 0. The van der Waals surface area contributed by atoms with Crippen LogP contribution in [0.3, 0.4) is 0 Å². The van der Waals surface area contributed by atoms with Crippen LogP contribution in [0.1, 0.15) is 59.1 Å². The van der Waals surface area contributed by atoms with Gasteiger partial charge in [0, 0.05) is 17.8 Å². The van der Waals surface area contributed by atoms with Gasteiger partial charge in [-0.25, -0.2) is 0 Å². The molecule has 0 radical (unpaired) electrons. The zero-order valence-electron chi connectivity index (χ0n) is 14.2. The molecule has 0 bridgehead atoms. The largest absolute Gasteiger partial charge is 0.492 e. The van der Waals surface area contributed by atoms with E-state index in [1.807, 2.05) is 12.3 Å². The fourth-order valence-electron chi connectivity index (χ4n) is 2.85. The molecule has 0 aliphatic heterocycles. The van der Waals surface area contributed by atoms with Crippen molar-refractivity contribution in [1.29, 1.82) is 0 Å². The van der Waals surface area contributed by atoms with Gasteiger partial charge in [0.1, 0.15) is 5.75 Å². The standard InChI is InChI=1S/C17H31N3O/c1-6-10-21-15-11-14(12-19-13-15)16(18)17(5,7-2)20(8-3)9-4/h11-13,16H,6-10,18H2,1-5H3. The molecule has 4 heteroatoms. The molecule has 0 aromatic carbocycles. The number of aromatic nitrogens is 1. The highest BCUT2D eigenvalue weighted by molar-refractivity contribution is 5.28. The fourth-order valence-corrected chi connectivity index (χ4v) is 2.85. The summed E-state index contributed by atoms with van der Waals surface area (Å²) in [6.07, 6.45) is 5.60. The summed E-state index contributed by atoms with van der Waals surface area (Å²) < 4.78 is 5.67. The lowest BCUT2D eigenvalue weighted by molar-refractivity contribution is 0.0842. The van der Waals surface area contributed by atoms with Crippen LogP contribution in [0.2, 0.25) is 0 Å². The van der Waals surface area contributed by atoms with Crippen molar-refractivity contribution in [1.82, 2.24) is 9.88 Å². The molecule has 1 aromatic heterocycles. The van der Waals surface area contributed by atoms with Crippen molar-refractivity contribution < 1.29 is 4.74 Å². The molecule has 0 fully saturated rings. The summed E-state index contributed by atoms with van der Waals surface area (Å²) in [6.45, 7) is 13.6. The van der Waals surface area contributed by atoms with E-state index < -0.39 is 0 Å². The average Bonchev–Trinajstić information content (AvgIpc) is 2.53. The second-order valence-corrected chi connectivity index (χ2v) is 5.66. The van der Waals surface area contributed by atoms with Crippen molar-refractivity contribution in [2.75, 3.05) is 19.7 Å². The molecule has 4 nitrogen and oxygen atoms in total. The van der Waals surface area contributed by atoms with Crippen LogP contribution in [0.15, 0.2) is 18.5 Å². The van der Waals surface area contributed by atoms with Crippen molar-refractivity contribution in [3.63, 3.8) is 0 Å². The molecule has 1 rings (SSSR count). The first-order valence-electron chi connectivity index (χ1n) is 8.11. The Morgan fingerprint density at radius 3 is 2.43 bits per heavy atom. The Bertz CT molecular complexity index is 420. The second kappa shape index (κ2) is 8.35. The third kappa shape index (κ3) is 4.17. The summed E-state index contributed by atoms with van der Waals surface area (Å²) in [5.41, 5.74) is 7.56. The third-order valence-corrected chi connectivity index (χ3v) is 4.44. The number of likely N-dealkylation sites (N-methyl/N-ethyl adjacent to an activating group) is 1. The van der Waals surface area contributed by atoms with E-state index in [9.17, 15) is 0 Å². The number of nitrogens with zero attached hydrogens (tertiary/aromatic N) is 2. The van der Waals surface area contributed by atoms with Crippen LogP contribution < -0.4 is 10.5 Å². The number of nitrogens with two attached hydrogens (primary N) is 1. The highest BCUT2D eigenvalue weighted by Gasteiger charge is 2.35. The Morgan fingerprint density at radius 2 is 1.90 bits per heavy atom. The molecule has 120 valence electrons. The summed E-state index contributed by atoms with van der Waals surface area (Å²) in [4.78, 5) is 6.72. The zero-order chi connectivity index (χ0) is 15.9. The maximum absolute atomic E-state index is 6.60. The number of hydrogen-bond donors (Lipinski definition) is 1. The van der Waals surface area contributed by atoms with E-state index in [-0.39, 0.29) is 11.6 Å². The summed E-state index contributed by atoms with van der Waals surface area (Å²) >= 11 is 0. The van der Waals surface area contributed by atoms with Gasteiger partial charge in [-0.15, -0.1) is 0 Å². The minimum absolute atomic E-state index is 0.0748. The number of ether oxygens (including phenoxy) is 1. The first kappa shape index (κ1) is 17.9. The van der Waals surface area contributed by atoms with Gasteiger partial charge in [-0.2, -0.15) is 0 Å². The number of rotatable bonds is 9. The van der Waals surface area contributed by atoms with E-state index in [0.717, 1.165) is 37.2 Å². The van der Waals surface area contributed by atoms with Crippen LogP contribution in [0.5, 0.6) is 5.75 Å². The van der Waals surface area contributed by atoms with Gasteiger partial charge >= 0.3 is 0 Å². The summed E-state index contributed by atoms with van der Waals surface area (Å²) in [5.74, 6) is 0.808. The van der Waals surface area contributed by atoms with Gasteiger partial charge in [-0.05, 0) is 44.5 Å². The molecule has 0 aliphatic carbocycles. The highest BCUT2D eigenvalue weighted by atomic mass is 16.5. The molecule has 1 heterocycles. The Labute approximate surface area is 129 Å². The van der Waals surface area contributed by atoms with Crippen LogP contribution in [-0.2, 0) is 0 Å². The van der Waals surface area contributed by atoms with Crippen molar-refractivity contribution in [2.24, 2.45) is 5.73 Å². The van der Waals surface area contributed by atoms with Gasteiger partial charge in [-0.3, -0.25) is 9.88 Å². The Kier molecular flexibility index (Phi) is 7.12. The second-order valence-electron chi connectivity index (χ2n) is 5.66. The monoisotopic (exact) mass is 293 g/mol. The Balaban J connectivity index is 3.01. The molecule has 1 aromatic rings. The van der Waals surface area contributed by atoms with Gasteiger partial charge in [0.05, 0.1) is 12.8 Å². The molecule has 0 saturated carbocycles. The van der Waals surface area contributed by atoms with E-state index in [2.05, 4.69) is 44.5 Å². The normalized spacial score (nSPS) is 15.8. The van der Waals surface area contributed by atoms with Crippen molar-refractivity contribution in [3.05, 3.63) is 24.0 Å². The molecule has 2 unspecified atom stereocenters. The topological polar surface area (TPSA) is 51.4 Å². The van der Waals surface area contributed by atoms with Crippen molar-refractivity contribution in [2.45, 2.75) is 59.0 Å². The number of pyridine rings is 1. The third-order valence-electron chi connectivity index (χ3n) is 4.44. The van der Waals surface area contributed by atoms with Crippen LogP contribution in [0.4, 0.5) is 0 Å². The minimum Gasteiger partial charge on any atom is -0.492 e. The lowest BCUT2D eigenvalue weighted by Crippen LogP contribution is -2.53. The zero-order valence-corrected chi connectivity index (χ0v) is 14.2. The van der Waals surface area contributed by atoms with Gasteiger partial charge in [-0.1, -0.05) is 27.7 Å². The molecular formula is C17H31N3O. The van der Waals surface area contributed by atoms with Crippen LogP contribution in [-0.4, -0.2) is 35.1 Å². The van der Waals surface area contributed by atoms with E-state index in [4.69, 9.17) is 10.5 Å². The SMILES string of the molecule is CCCOc1cncc(C(N)C(C)(CC)N(CC)CC)c1. The first-order chi connectivity index (χ1) is 10.0. The predicted octanol–water partition coefficient (Wildman–Crippen LogP) is 3.38. The van der Waals surface area contributed by atoms with Crippen LogP contribution >= 0.6 is 0 Å². The molecule has 0 amide bonds. The maximum atomic E-state index is 6.60. The lowest BCUT2D eigenvalue weighted by atomic mass is 9.84. The van der Waals surface area contributed by atoms with E-state index in [1.165, 1.54) is 0 Å². The molecular weight excluding hydrogens is 262 g/mol. The average molecular weight is 293 g/mol. The van der Waals surface area contributed by atoms with Gasteiger partial charge in [0.2, 0.25) is 0 Å². The molecule has 0 aliphatic rings. The minimum atomic E-state index is -0.0833. The molecule has 2 atom stereocenters. The Hall–Kier alpha value is -1.13. The van der Waals surface area contributed by atoms with E-state index >= 15 is 0 Å². The molecule has 0 saturated heterocycles. The summed E-state index contributed by atoms with van der Waals surface area (Å²) in [5, 5.41) is 0. The molecule has 2 N–H and O–H groups in total. The smallest absolute Gasteiger partial charge is 0.137 e. The fraction of sp³-hybridized carbons (Fsp3) is 0.706. The maximum Gasteiger partial charge on any atom is 0.137 e. The van der Waals surface area contributed by atoms with Gasteiger partial charge in [0.25, 0.3) is 0 Å². The lowest BCUT2D eigenvalue weighted by Gasteiger charge is -2.44. The van der Waals surface area contributed by atoms with Crippen LogP contribution in [0.25, 0.3) is 0 Å². The molecule has 0 spiro atoms. The van der Waals surface area contributed by atoms with E-state index in [0.29, 0.717) is 6.61 Å².